The Morgan fingerprint density at radius 3 is 2.47 bits per heavy atom. The lowest BCUT2D eigenvalue weighted by Crippen LogP contribution is -2.05. The molecule has 0 saturated heterocycles. The molecule has 0 saturated carbocycles. The standard InChI is InChI=1S/C14H13ClIN/c1-10(13-8-4-5-9-17-13)14(15)11-6-2-3-7-12(11)16/h2-10,14H,1H3. The molecule has 0 amide bonds. The molecule has 0 radical (unpaired) electrons. The van der Waals surface area contributed by atoms with Gasteiger partial charge in [0.05, 0.1) is 5.38 Å². The van der Waals surface area contributed by atoms with Crippen LogP contribution in [-0.4, -0.2) is 4.98 Å². The zero-order chi connectivity index (χ0) is 12.3. The molecule has 2 unspecified atom stereocenters. The van der Waals surface area contributed by atoms with Gasteiger partial charge in [-0.25, -0.2) is 0 Å². The fraction of sp³-hybridized carbons (Fsp3) is 0.214. The molecule has 1 aromatic carbocycles. The molecule has 0 spiro atoms. The number of hydrogen-bond donors (Lipinski definition) is 0. The highest BCUT2D eigenvalue weighted by molar-refractivity contribution is 14.1. The fourth-order valence-electron chi connectivity index (χ4n) is 1.76. The SMILES string of the molecule is CC(c1ccccn1)C(Cl)c1ccccc1I. The van der Waals surface area contributed by atoms with E-state index in [0.717, 1.165) is 5.69 Å². The predicted molar refractivity (Wildman–Crippen MR) is 80.4 cm³/mol. The molecule has 0 N–H and O–H groups in total. The van der Waals surface area contributed by atoms with Gasteiger partial charge < -0.3 is 0 Å². The van der Waals surface area contributed by atoms with Gasteiger partial charge >= 0.3 is 0 Å². The van der Waals surface area contributed by atoms with Crippen LogP contribution in [0.5, 0.6) is 0 Å². The van der Waals surface area contributed by atoms with E-state index in [9.17, 15) is 0 Å². The lowest BCUT2D eigenvalue weighted by atomic mass is 9.97. The van der Waals surface area contributed by atoms with E-state index in [1.54, 1.807) is 0 Å². The Hall–Kier alpha value is -0.610. The molecule has 88 valence electrons. The first-order valence-electron chi connectivity index (χ1n) is 5.49. The Morgan fingerprint density at radius 1 is 1.12 bits per heavy atom. The highest BCUT2D eigenvalue weighted by Crippen LogP contribution is 2.36. The van der Waals surface area contributed by atoms with Crippen LogP contribution in [0.1, 0.15) is 29.5 Å². The molecule has 3 heteroatoms. The van der Waals surface area contributed by atoms with Gasteiger partial charge in [0, 0.05) is 21.4 Å². The third kappa shape index (κ3) is 2.99. The molecule has 0 aliphatic carbocycles. The minimum Gasteiger partial charge on any atom is -0.261 e. The zero-order valence-corrected chi connectivity index (χ0v) is 12.4. The van der Waals surface area contributed by atoms with Crippen molar-refractivity contribution >= 4 is 34.2 Å². The van der Waals surface area contributed by atoms with E-state index in [2.05, 4.69) is 46.6 Å². The van der Waals surface area contributed by atoms with Gasteiger partial charge in [-0.05, 0) is 46.4 Å². The van der Waals surface area contributed by atoms with Crippen molar-refractivity contribution < 1.29 is 0 Å². The second-order valence-corrected chi connectivity index (χ2v) is 5.60. The molecule has 2 atom stereocenters. The summed E-state index contributed by atoms with van der Waals surface area (Å²) in [5.41, 5.74) is 2.21. The fourth-order valence-corrected chi connectivity index (χ4v) is 2.99. The van der Waals surface area contributed by atoms with Gasteiger partial charge in [0.2, 0.25) is 0 Å². The van der Waals surface area contributed by atoms with Crippen LogP contribution in [0.25, 0.3) is 0 Å². The first kappa shape index (κ1) is 12.8. The molecule has 0 aliphatic rings. The third-order valence-corrected chi connectivity index (χ3v) is 4.39. The predicted octanol–water partition coefficient (Wildman–Crippen LogP) is 4.77. The van der Waals surface area contributed by atoms with E-state index in [4.69, 9.17) is 11.6 Å². The summed E-state index contributed by atoms with van der Waals surface area (Å²) >= 11 is 8.88. The van der Waals surface area contributed by atoms with Gasteiger partial charge in [0.25, 0.3) is 0 Å². The van der Waals surface area contributed by atoms with Crippen LogP contribution in [0.3, 0.4) is 0 Å². The summed E-state index contributed by atoms with van der Waals surface area (Å²) in [6.07, 6.45) is 1.81. The van der Waals surface area contributed by atoms with Crippen molar-refractivity contribution in [2.24, 2.45) is 0 Å². The highest BCUT2D eigenvalue weighted by atomic mass is 127. The zero-order valence-electron chi connectivity index (χ0n) is 9.48. The van der Waals surface area contributed by atoms with E-state index in [0.29, 0.717) is 0 Å². The molecule has 17 heavy (non-hydrogen) atoms. The van der Waals surface area contributed by atoms with Crippen LogP contribution in [0.15, 0.2) is 48.7 Å². The molecule has 1 heterocycles. The quantitative estimate of drug-likeness (QED) is 0.569. The van der Waals surface area contributed by atoms with Crippen LogP contribution in [0.4, 0.5) is 0 Å². The number of benzene rings is 1. The van der Waals surface area contributed by atoms with Crippen molar-refractivity contribution in [1.82, 2.24) is 4.98 Å². The molecule has 0 fully saturated rings. The number of pyridine rings is 1. The molecule has 1 nitrogen and oxygen atoms in total. The summed E-state index contributed by atoms with van der Waals surface area (Å²) in [5.74, 6) is 0.203. The van der Waals surface area contributed by atoms with Gasteiger partial charge in [-0.1, -0.05) is 31.2 Å². The van der Waals surface area contributed by atoms with Crippen LogP contribution in [0, 0.1) is 3.57 Å². The average molecular weight is 358 g/mol. The monoisotopic (exact) mass is 357 g/mol. The number of rotatable bonds is 3. The van der Waals surface area contributed by atoms with E-state index < -0.39 is 0 Å². The van der Waals surface area contributed by atoms with Crippen molar-refractivity contribution in [1.29, 1.82) is 0 Å². The Balaban J connectivity index is 2.27. The maximum absolute atomic E-state index is 6.55. The normalized spacial score (nSPS) is 14.3. The number of aromatic nitrogens is 1. The maximum atomic E-state index is 6.55. The minimum atomic E-state index is -0.0435. The van der Waals surface area contributed by atoms with Crippen molar-refractivity contribution in [3.8, 4) is 0 Å². The minimum absolute atomic E-state index is 0.0435. The van der Waals surface area contributed by atoms with E-state index in [1.807, 2.05) is 36.5 Å². The van der Waals surface area contributed by atoms with Gasteiger partial charge in [-0.2, -0.15) is 0 Å². The Kier molecular flexibility index (Phi) is 4.40. The van der Waals surface area contributed by atoms with E-state index >= 15 is 0 Å². The van der Waals surface area contributed by atoms with Crippen molar-refractivity contribution in [3.63, 3.8) is 0 Å². The molecular weight excluding hydrogens is 345 g/mol. The molecule has 2 rings (SSSR count). The summed E-state index contributed by atoms with van der Waals surface area (Å²) in [6, 6.07) is 14.2. The van der Waals surface area contributed by atoms with Gasteiger partial charge in [0.1, 0.15) is 0 Å². The number of hydrogen-bond acceptors (Lipinski definition) is 1. The lowest BCUT2D eigenvalue weighted by Gasteiger charge is -2.19. The Bertz CT molecular complexity index is 487. The third-order valence-electron chi connectivity index (χ3n) is 2.80. The van der Waals surface area contributed by atoms with Gasteiger partial charge in [-0.3, -0.25) is 4.98 Å². The van der Waals surface area contributed by atoms with Crippen molar-refractivity contribution in [2.75, 3.05) is 0 Å². The van der Waals surface area contributed by atoms with Crippen LogP contribution >= 0.6 is 34.2 Å². The molecule has 0 aliphatic heterocycles. The smallest absolute Gasteiger partial charge is 0.0676 e. The van der Waals surface area contributed by atoms with Gasteiger partial charge in [-0.15, -0.1) is 11.6 Å². The number of halogens is 2. The average Bonchev–Trinajstić information content (AvgIpc) is 2.39. The topological polar surface area (TPSA) is 12.9 Å². The van der Waals surface area contributed by atoms with E-state index in [-0.39, 0.29) is 11.3 Å². The molecule has 2 aromatic rings. The second-order valence-electron chi connectivity index (χ2n) is 3.97. The second kappa shape index (κ2) is 5.83. The van der Waals surface area contributed by atoms with Crippen LogP contribution in [-0.2, 0) is 0 Å². The summed E-state index contributed by atoms with van der Waals surface area (Å²) in [6.45, 7) is 2.11. The first-order valence-corrected chi connectivity index (χ1v) is 7.01. The summed E-state index contributed by atoms with van der Waals surface area (Å²) in [4.78, 5) is 4.37. The summed E-state index contributed by atoms with van der Waals surface area (Å²) in [7, 11) is 0. The number of alkyl halides is 1. The molecule has 0 bridgehead atoms. The summed E-state index contributed by atoms with van der Waals surface area (Å²) < 4.78 is 1.20. The van der Waals surface area contributed by atoms with Gasteiger partial charge in [0.15, 0.2) is 0 Å². The lowest BCUT2D eigenvalue weighted by molar-refractivity contribution is 0.704. The maximum Gasteiger partial charge on any atom is 0.0676 e. The highest BCUT2D eigenvalue weighted by Gasteiger charge is 2.20. The molecule has 1 aromatic heterocycles. The molecular formula is C14H13ClIN. The van der Waals surface area contributed by atoms with Crippen molar-refractivity contribution in [2.45, 2.75) is 18.2 Å². The van der Waals surface area contributed by atoms with Crippen LogP contribution in [0.2, 0.25) is 0 Å². The Labute approximate surface area is 120 Å². The van der Waals surface area contributed by atoms with Crippen LogP contribution < -0.4 is 0 Å². The summed E-state index contributed by atoms with van der Waals surface area (Å²) in [5, 5.41) is -0.0435. The largest absolute Gasteiger partial charge is 0.261 e. The Morgan fingerprint density at radius 2 is 1.82 bits per heavy atom. The first-order chi connectivity index (χ1) is 8.20. The van der Waals surface area contributed by atoms with Crippen molar-refractivity contribution in [3.05, 3.63) is 63.5 Å². The number of nitrogens with zero attached hydrogens (tertiary/aromatic N) is 1. The van der Waals surface area contributed by atoms with E-state index in [1.165, 1.54) is 9.13 Å².